The second kappa shape index (κ2) is 6.36. The van der Waals surface area contributed by atoms with E-state index in [2.05, 4.69) is 48.2 Å². The molecule has 3 aromatic carbocycles. The molecule has 0 saturated carbocycles. The third-order valence-electron chi connectivity index (χ3n) is 5.74. The van der Waals surface area contributed by atoms with Crippen molar-refractivity contribution in [1.29, 1.82) is 0 Å². The van der Waals surface area contributed by atoms with Crippen LogP contribution in [-0.4, -0.2) is 28.1 Å². The summed E-state index contributed by atoms with van der Waals surface area (Å²) < 4.78 is 0. The normalized spacial score (nSPS) is 14.6. The van der Waals surface area contributed by atoms with Gasteiger partial charge in [-0.05, 0) is 65.2 Å². The number of nitrogens with zero attached hydrogens (tertiary/aromatic N) is 2. The minimum atomic E-state index is 0.287. The summed E-state index contributed by atoms with van der Waals surface area (Å²) in [5, 5.41) is 13.6. The summed E-state index contributed by atoms with van der Waals surface area (Å²) in [6.07, 6.45) is 1.04. The molecule has 0 saturated heterocycles. The molecule has 2 heterocycles. The highest BCUT2D eigenvalue weighted by atomic mass is 16.3. The van der Waals surface area contributed by atoms with E-state index in [-0.39, 0.29) is 5.75 Å². The number of pyridine rings is 1. The lowest BCUT2D eigenvalue weighted by molar-refractivity contribution is 0.269. The molecule has 0 aliphatic carbocycles. The van der Waals surface area contributed by atoms with Crippen LogP contribution in [0.15, 0.2) is 60.7 Å². The van der Waals surface area contributed by atoms with E-state index in [1.165, 1.54) is 27.3 Å². The molecule has 0 unspecified atom stereocenters. The number of rotatable bonds is 2. The topological polar surface area (TPSA) is 36.4 Å². The number of aromatic nitrogens is 1. The van der Waals surface area contributed by atoms with Gasteiger partial charge in [0.2, 0.25) is 0 Å². The van der Waals surface area contributed by atoms with E-state index in [0.29, 0.717) is 0 Å². The molecule has 0 radical (unpaired) electrons. The molecule has 27 heavy (non-hydrogen) atoms. The maximum atomic E-state index is 9.68. The molecule has 1 aliphatic rings. The summed E-state index contributed by atoms with van der Waals surface area (Å²) in [5.74, 6) is 0.287. The molecule has 0 atom stereocenters. The molecule has 1 aromatic heterocycles. The summed E-state index contributed by atoms with van der Waals surface area (Å²) in [6, 6.07) is 20.3. The maximum Gasteiger partial charge on any atom is 0.115 e. The minimum Gasteiger partial charge on any atom is -0.508 e. The van der Waals surface area contributed by atoms with Gasteiger partial charge in [0.05, 0.1) is 11.2 Å². The first-order valence-corrected chi connectivity index (χ1v) is 9.59. The van der Waals surface area contributed by atoms with Crippen molar-refractivity contribution >= 4 is 21.7 Å². The van der Waals surface area contributed by atoms with E-state index >= 15 is 0 Å². The number of phenols is 1. The smallest absolute Gasteiger partial charge is 0.115 e. The highest BCUT2D eigenvalue weighted by molar-refractivity contribution is 6.09. The van der Waals surface area contributed by atoms with Crippen molar-refractivity contribution in [2.45, 2.75) is 19.9 Å². The second-order valence-corrected chi connectivity index (χ2v) is 7.26. The SMILES string of the molecule is CCN1CCc2c(c(-c3ccc(O)cc3)nc3ccc4ccccc4c23)C1. The van der Waals surface area contributed by atoms with Crippen LogP contribution < -0.4 is 0 Å². The van der Waals surface area contributed by atoms with Crippen LogP contribution in [0.5, 0.6) is 5.75 Å². The molecule has 1 aliphatic heterocycles. The summed E-state index contributed by atoms with van der Waals surface area (Å²) in [6.45, 7) is 5.27. The van der Waals surface area contributed by atoms with Gasteiger partial charge in [0, 0.05) is 24.0 Å². The Kier molecular flexibility index (Phi) is 3.83. The van der Waals surface area contributed by atoms with Crippen LogP contribution in [0.3, 0.4) is 0 Å². The first-order chi connectivity index (χ1) is 13.2. The summed E-state index contributed by atoms with van der Waals surface area (Å²) in [4.78, 5) is 7.58. The fraction of sp³-hybridized carbons (Fsp3) is 0.208. The van der Waals surface area contributed by atoms with Crippen molar-refractivity contribution in [3.05, 3.63) is 71.8 Å². The van der Waals surface area contributed by atoms with Gasteiger partial charge in [0.15, 0.2) is 0 Å². The van der Waals surface area contributed by atoms with Crippen molar-refractivity contribution in [2.75, 3.05) is 13.1 Å². The Balaban J connectivity index is 1.85. The highest BCUT2D eigenvalue weighted by Gasteiger charge is 2.23. The maximum absolute atomic E-state index is 9.68. The number of phenolic OH excluding ortho intramolecular Hbond substituents is 1. The molecule has 0 spiro atoms. The molecule has 0 amide bonds. The summed E-state index contributed by atoms with van der Waals surface area (Å²) >= 11 is 0. The van der Waals surface area contributed by atoms with E-state index in [1.807, 2.05) is 12.1 Å². The first kappa shape index (κ1) is 16.3. The molecule has 134 valence electrons. The van der Waals surface area contributed by atoms with Crippen molar-refractivity contribution in [3.63, 3.8) is 0 Å². The zero-order valence-corrected chi connectivity index (χ0v) is 15.4. The van der Waals surface area contributed by atoms with Crippen LogP contribution in [0.25, 0.3) is 32.9 Å². The van der Waals surface area contributed by atoms with Crippen LogP contribution in [0.1, 0.15) is 18.1 Å². The number of hydrogen-bond acceptors (Lipinski definition) is 3. The van der Waals surface area contributed by atoms with Crippen LogP contribution in [0, 0.1) is 0 Å². The van der Waals surface area contributed by atoms with E-state index in [0.717, 1.165) is 42.8 Å². The molecule has 5 rings (SSSR count). The van der Waals surface area contributed by atoms with Gasteiger partial charge in [-0.1, -0.05) is 37.3 Å². The predicted molar refractivity (Wildman–Crippen MR) is 111 cm³/mol. The van der Waals surface area contributed by atoms with E-state index in [1.54, 1.807) is 12.1 Å². The molecule has 0 bridgehead atoms. The van der Waals surface area contributed by atoms with Gasteiger partial charge >= 0.3 is 0 Å². The number of aromatic hydroxyl groups is 1. The monoisotopic (exact) mass is 354 g/mol. The van der Waals surface area contributed by atoms with E-state index in [9.17, 15) is 5.11 Å². The predicted octanol–water partition coefficient (Wildman–Crippen LogP) is 5.14. The lowest BCUT2D eigenvalue weighted by atomic mass is 9.89. The Morgan fingerprint density at radius 2 is 1.78 bits per heavy atom. The first-order valence-electron chi connectivity index (χ1n) is 9.59. The Morgan fingerprint density at radius 1 is 0.963 bits per heavy atom. The zero-order chi connectivity index (χ0) is 18.4. The van der Waals surface area contributed by atoms with Crippen molar-refractivity contribution in [3.8, 4) is 17.0 Å². The van der Waals surface area contributed by atoms with Crippen LogP contribution in [0.4, 0.5) is 0 Å². The van der Waals surface area contributed by atoms with Gasteiger partial charge in [-0.25, -0.2) is 4.98 Å². The number of hydrogen-bond donors (Lipinski definition) is 1. The number of likely N-dealkylation sites (N-methyl/N-ethyl adjacent to an activating group) is 1. The van der Waals surface area contributed by atoms with Gasteiger partial charge in [0.1, 0.15) is 5.75 Å². The molecular weight excluding hydrogens is 332 g/mol. The Hall–Kier alpha value is -2.91. The quantitative estimate of drug-likeness (QED) is 0.507. The number of fused-ring (bicyclic) bond motifs is 5. The van der Waals surface area contributed by atoms with Crippen LogP contribution in [-0.2, 0) is 13.0 Å². The van der Waals surface area contributed by atoms with Gasteiger partial charge in [0.25, 0.3) is 0 Å². The molecule has 0 fully saturated rings. The third kappa shape index (κ3) is 2.66. The Morgan fingerprint density at radius 3 is 2.59 bits per heavy atom. The van der Waals surface area contributed by atoms with Crippen LogP contribution >= 0.6 is 0 Å². The largest absolute Gasteiger partial charge is 0.508 e. The lowest BCUT2D eigenvalue weighted by Crippen LogP contribution is -2.31. The summed E-state index contributed by atoms with van der Waals surface area (Å²) in [7, 11) is 0. The fourth-order valence-electron chi connectivity index (χ4n) is 4.30. The standard InChI is InChI=1S/C24H22N2O/c1-2-26-14-13-20-21(15-26)24(17-7-10-18(27)11-8-17)25-22-12-9-16-5-3-4-6-19(16)23(20)22/h3-12,27H,2,13-15H2,1H3. The van der Waals surface area contributed by atoms with Gasteiger partial charge in [-0.3, -0.25) is 4.90 Å². The van der Waals surface area contributed by atoms with Gasteiger partial charge in [-0.15, -0.1) is 0 Å². The fourth-order valence-corrected chi connectivity index (χ4v) is 4.30. The van der Waals surface area contributed by atoms with Crippen LogP contribution in [0.2, 0.25) is 0 Å². The molecular formula is C24H22N2O. The Bertz CT molecular complexity index is 1150. The molecule has 4 aromatic rings. The molecule has 3 heteroatoms. The zero-order valence-electron chi connectivity index (χ0n) is 15.4. The van der Waals surface area contributed by atoms with E-state index in [4.69, 9.17) is 4.98 Å². The minimum absolute atomic E-state index is 0.287. The second-order valence-electron chi connectivity index (χ2n) is 7.26. The average molecular weight is 354 g/mol. The van der Waals surface area contributed by atoms with Crippen molar-refractivity contribution in [2.24, 2.45) is 0 Å². The van der Waals surface area contributed by atoms with Gasteiger partial charge < -0.3 is 5.11 Å². The lowest BCUT2D eigenvalue weighted by Gasteiger charge is -2.30. The average Bonchev–Trinajstić information content (AvgIpc) is 2.73. The van der Waals surface area contributed by atoms with Crippen molar-refractivity contribution < 1.29 is 5.11 Å². The molecule has 1 N–H and O–H groups in total. The molecule has 3 nitrogen and oxygen atoms in total. The highest BCUT2D eigenvalue weighted by Crippen LogP contribution is 2.37. The van der Waals surface area contributed by atoms with Crippen molar-refractivity contribution in [1.82, 2.24) is 9.88 Å². The Labute approximate surface area is 158 Å². The number of benzene rings is 3. The summed E-state index contributed by atoms with van der Waals surface area (Å²) in [5.41, 5.74) is 5.94. The van der Waals surface area contributed by atoms with E-state index < -0.39 is 0 Å². The van der Waals surface area contributed by atoms with Gasteiger partial charge in [-0.2, -0.15) is 0 Å². The third-order valence-corrected chi connectivity index (χ3v) is 5.74.